The van der Waals surface area contributed by atoms with Crippen molar-refractivity contribution in [2.45, 2.75) is 166 Å². The van der Waals surface area contributed by atoms with Crippen LogP contribution in [0.15, 0.2) is 60.4 Å². The molecular formula is C54H87NO16. The molecule has 0 aliphatic carbocycles. The Labute approximate surface area is 423 Å². The van der Waals surface area contributed by atoms with Crippen molar-refractivity contribution in [1.29, 1.82) is 0 Å². The first kappa shape index (κ1) is 61.7. The van der Waals surface area contributed by atoms with Crippen LogP contribution in [0.25, 0.3) is 0 Å². The second kappa shape index (κ2) is 29.9. The van der Waals surface area contributed by atoms with Crippen LogP contribution in [-0.2, 0) is 66.5 Å². The molecule has 3 heterocycles. The van der Waals surface area contributed by atoms with Crippen molar-refractivity contribution in [3.05, 3.63) is 60.4 Å². The van der Waals surface area contributed by atoms with Crippen LogP contribution in [0, 0.1) is 35.5 Å². The number of cyclic esters (lactones) is 1. The first-order valence-electron chi connectivity index (χ1n) is 24.9. The van der Waals surface area contributed by atoms with Gasteiger partial charge in [-0.2, -0.15) is 0 Å². The zero-order valence-electron chi connectivity index (χ0n) is 45.0. The maximum absolute atomic E-state index is 13.9. The number of carbonyl (C=O) groups excluding carboxylic acids is 4. The Kier molecular flexibility index (Phi) is 26.0. The molecule has 19 atom stereocenters. The van der Waals surface area contributed by atoms with E-state index in [1.165, 1.54) is 31.3 Å². The van der Waals surface area contributed by atoms with E-state index in [0.29, 0.717) is 31.2 Å². The van der Waals surface area contributed by atoms with Crippen LogP contribution in [0.2, 0.25) is 0 Å². The van der Waals surface area contributed by atoms with E-state index in [1.54, 1.807) is 60.9 Å². The number of methoxy groups -OCH3 is 7. The van der Waals surface area contributed by atoms with Crippen LogP contribution in [0.1, 0.15) is 87.0 Å². The molecule has 2 N–H and O–H groups in total. The molecule has 71 heavy (non-hydrogen) atoms. The molecule has 3 rings (SSSR count). The third kappa shape index (κ3) is 17.8. The molecule has 0 saturated carbocycles. The molecule has 17 unspecified atom stereocenters. The standard InChI is InChI=1S/C54H87NO16/c1-32-18-21-39(63-10)28-44(65-12)36(5)52-49(61)40(29-48(60)70-52)53(68-15)45(66-13)30-54(7)46(71-54)24-25-47(59)69-51(34(3)19-22-38(62-9)27-42(32)58)37(6)50(67-14)33(2)20-23-41(57)35(4)43(64-11)17-16-26-55(8)31-56/h16,18-19,21-22,24-26,29,31-39,42-46,49-53,58,61H,17,20,23,27-28,30H2,1-15H3/t32?,33?,34?,35?,36?,37?,38?,39?,42?,43?,44?,45?,46?,49-,50?,51?,52-,53?,54?/m0/s1. The molecule has 17 nitrogen and oxygen atoms in total. The summed E-state index contributed by atoms with van der Waals surface area (Å²) in [4.78, 5) is 52.9. The van der Waals surface area contributed by atoms with Gasteiger partial charge in [0.05, 0.1) is 48.3 Å². The topological polar surface area (TPSA) is 208 Å². The quantitative estimate of drug-likeness (QED) is 0.0684. The number of fused-ring (bicyclic) bond motifs is 3. The van der Waals surface area contributed by atoms with Gasteiger partial charge in [-0.25, -0.2) is 9.59 Å². The Morgan fingerprint density at radius 3 is 2.04 bits per heavy atom. The number of esters is 2. The van der Waals surface area contributed by atoms with Crippen LogP contribution < -0.4 is 0 Å². The van der Waals surface area contributed by atoms with E-state index >= 15 is 0 Å². The van der Waals surface area contributed by atoms with Gasteiger partial charge in [0.25, 0.3) is 0 Å². The molecule has 1 fully saturated rings. The molecule has 0 aromatic carbocycles. The summed E-state index contributed by atoms with van der Waals surface area (Å²) in [7, 11) is 12.5. The molecule has 17 heteroatoms. The Balaban J connectivity index is 1.98. The lowest BCUT2D eigenvalue weighted by Gasteiger charge is -2.39. The third-order valence-electron chi connectivity index (χ3n) is 14.9. The number of rotatable bonds is 19. The maximum atomic E-state index is 13.9. The monoisotopic (exact) mass is 1010 g/mol. The Hall–Kier alpha value is -3.62. The summed E-state index contributed by atoms with van der Waals surface area (Å²) >= 11 is 0. The molecule has 0 aromatic rings. The highest BCUT2D eigenvalue weighted by Gasteiger charge is 2.54. The second-order valence-corrected chi connectivity index (χ2v) is 19.9. The van der Waals surface area contributed by atoms with Crippen molar-refractivity contribution in [2.75, 3.05) is 56.8 Å². The van der Waals surface area contributed by atoms with E-state index in [9.17, 15) is 29.4 Å². The lowest BCUT2D eigenvalue weighted by atomic mass is 9.81. The number of Topliss-reactive ketones (excluding diaryl/α,β-unsaturated/α-hetero) is 1. The van der Waals surface area contributed by atoms with Crippen LogP contribution in [0.3, 0.4) is 0 Å². The summed E-state index contributed by atoms with van der Waals surface area (Å²) < 4.78 is 59.5. The second-order valence-electron chi connectivity index (χ2n) is 19.9. The molecule has 1 saturated heterocycles. The predicted molar refractivity (Wildman–Crippen MR) is 267 cm³/mol. The molecule has 0 aromatic heterocycles. The molecule has 0 radical (unpaired) electrons. The fraction of sp³-hybridized carbons (Fsp3) is 0.741. The van der Waals surface area contributed by atoms with Gasteiger partial charge in [-0.05, 0) is 31.8 Å². The van der Waals surface area contributed by atoms with E-state index < -0.39 is 96.5 Å². The number of aliphatic hydroxyl groups excluding tert-OH is 2. The highest BCUT2D eigenvalue weighted by Crippen LogP contribution is 2.44. The summed E-state index contributed by atoms with van der Waals surface area (Å²) in [5, 5.41) is 23.3. The number of hydrogen-bond acceptors (Lipinski definition) is 16. The molecule has 3 aliphatic rings. The number of aliphatic hydroxyl groups is 2. The minimum Gasteiger partial charge on any atom is -0.458 e. The molecule has 3 aliphatic heterocycles. The molecular weight excluding hydrogens is 919 g/mol. The van der Waals surface area contributed by atoms with Crippen molar-refractivity contribution in [1.82, 2.24) is 4.90 Å². The number of amides is 1. The van der Waals surface area contributed by atoms with Crippen molar-refractivity contribution in [3.63, 3.8) is 0 Å². The molecule has 1 amide bonds. The van der Waals surface area contributed by atoms with Crippen LogP contribution in [0.5, 0.6) is 0 Å². The first-order chi connectivity index (χ1) is 33.7. The van der Waals surface area contributed by atoms with Gasteiger partial charge in [-0.15, -0.1) is 0 Å². The fourth-order valence-corrected chi connectivity index (χ4v) is 9.98. The van der Waals surface area contributed by atoms with Crippen molar-refractivity contribution < 1.29 is 76.8 Å². The van der Waals surface area contributed by atoms with E-state index in [0.717, 1.165) is 0 Å². The summed E-state index contributed by atoms with van der Waals surface area (Å²) in [5.41, 5.74) is -0.504. The normalized spacial score (nSPS) is 34.8. The van der Waals surface area contributed by atoms with Gasteiger partial charge >= 0.3 is 11.9 Å². The fourth-order valence-electron chi connectivity index (χ4n) is 9.98. The summed E-state index contributed by atoms with van der Waals surface area (Å²) in [6.45, 7) is 13.4. The average molecular weight is 1010 g/mol. The van der Waals surface area contributed by atoms with Gasteiger partial charge in [0.15, 0.2) is 0 Å². The SMILES string of the molecule is COC1C=CC(C)C(C(C)C(OC)C(C)CCC(=O)C(C)C(CC=CN(C)C=O)OC)OC(=O)C=CC2OC2(C)CC(OC)C(OC)C2=CC(=O)O[C@@H](C(C)C(OC)CC(OC)C=CC(C)C(O)C1)[C@H]2O. The van der Waals surface area contributed by atoms with E-state index in [2.05, 4.69) is 0 Å². The van der Waals surface area contributed by atoms with Gasteiger partial charge in [0.1, 0.15) is 36.3 Å². The zero-order chi connectivity index (χ0) is 53.2. The van der Waals surface area contributed by atoms with Crippen LogP contribution in [0.4, 0.5) is 0 Å². The van der Waals surface area contributed by atoms with Crippen molar-refractivity contribution in [3.8, 4) is 0 Å². The van der Waals surface area contributed by atoms with Gasteiger partial charge in [0, 0.05) is 136 Å². The molecule has 404 valence electrons. The summed E-state index contributed by atoms with van der Waals surface area (Å²) in [6.07, 6.45) is 10.0. The highest BCUT2D eigenvalue weighted by molar-refractivity contribution is 5.84. The molecule has 2 bridgehead atoms. The highest BCUT2D eigenvalue weighted by atomic mass is 16.6. The number of hydrogen-bond donors (Lipinski definition) is 2. The molecule has 0 spiro atoms. The van der Waals surface area contributed by atoms with Gasteiger partial charge < -0.3 is 62.5 Å². The number of nitrogens with zero attached hydrogens (tertiary/aromatic N) is 1. The summed E-state index contributed by atoms with van der Waals surface area (Å²) in [6, 6.07) is 0. The Morgan fingerprint density at radius 2 is 1.46 bits per heavy atom. The first-order valence-corrected chi connectivity index (χ1v) is 24.9. The van der Waals surface area contributed by atoms with E-state index in [1.807, 2.05) is 72.8 Å². The van der Waals surface area contributed by atoms with Crippen molar-refractivity contribution >= 4 is 24.1 Å². The lowest BCUT2D eigenvalue weighted by molar-refractivity contribution is -0.162. The minimum atomic E-state index is -1.26. The number of carbonyl (C=O) groups is 4. The van der Waals surface area contributed by atoms with Crippen LogP contribution >= 0.6 is 0 Å². The van der Waals surface area contributed by atoms with Crippen molar-refractivity contribution in [2.24, 2.45) is 35.5 Å². The minimum absolute atomic E-state index is 0.0401. The van der Waals surface area contributed by atoms with E-state index in [4.69, 9.17) is 47.4 Å². The lowest BCUT2D eigenvalue weighted by Crippen LogP contribution is -2.50. The predicted octanol–water partition coefficient (Wildman–Crippen LogP) is 5.74. The maximum Gasteiger partial charge on any atom is 0.331 e. The van der Waals surface area contributed by atoms with E-state index in [-0.39, 0.29) is 54.8 Å². The number of epoxide rings is 1. The number of ether oxygens (including phenoxy) is 10. The Bertz CT molecular complexity index is 1820. The average Bonchev–Trinajstić information content (AvgIpc) is 4.01. The zero-order valence-corrected chi connectivity index (χ0v) is 45.0. The Morgan fingerprint density at radius 1 is 0.831 bits per heavy atom. The van der Waals surface area contributed by atoms with Gasteiger partial charge in [-0.1, -0.05) is 71.9 Å². The number of ketones is 1. The smallest absolute Gasteiger partial charge is 0.331 e. The van der Waals surface area contributed by atoms with Gasteiger partial charge in [0.2, 0.25) is 6.41 Å². The largest absolute Gasteiger partial charge is 0.458 e. The third-order valence-corrected chi connectivity index (χ3v) is 14.9. The van der Waals surface area contributed by atoms with Gasteiger partial charge in [-0.3, -0.25) is 9.59 Å². The van der Waals surface area contributed by atoms with Crippen LogP contribution in [-0.4, -0.2) is 175 Å². The summed E-state index contributed by atoms with van der Waals surface area (Å²) in [5.74, 6) is -3.24.